The van der Waals surface area contributed by atoms with Crippen LogP contribution >= 0.6 is 0 Å². The molecule has 0 aromatic carbocycles. The second kappa shape index (κ2) is 6.70. The first kappa shape index (κ1) is 16.4. The van der Waals surface area contributed by atoms with Crippen LogP contribution in [0.4, 0.5) is 0 Å². The average Bonchev–Trinajstić information content (AvgIpc) is 3.06. The number of allylic oxidation sites excluding steroid dienone is 2. The zero-order chi connectivity index (χ0) is 15.3. The van der Waals surface area contributed by atoms with E-state index in [2.05, 4.69) is 0 Å². The molecule has 1 rings (SSSR count). The molecule has 0 bridgehead atoms. The SMILES string of the molecule is CC=CCC(O)C=C[C@H]1[C@H](C)C1(C(=O)OC)C(=O)OC. The van der Waals surface area contributed by atoms with Gasteiger partial charge in [-0.25, -0.2) is 0 Å². The van der Waals surface area contributed by atoms with Gasteiger partial charge in [0.05, 0.1) is 20.3 Å². The number of hydrogen-bond donors (Lipinski definition) is 1. The third-order valence-corrected chi connectivity index (χ3v) is 3.87. The second-order valence-corrected chi connectivity index (χ2v) is 4.92. The Kier molecular flexibility index (Phi) is 5.51. The van der Waals surface area contributed by atoms with Crippen LogP contribution in [0.25, 0.3) is 0 Å². The van der Waals surface area contributed by atoms with Gasteiger partial charge >= 0.3 is 11.9 Å². The Hall–Kier alpha value is -1.62. The number of aliphatic hydroxyl groups is 1. The molecule has 0 aromatic heterocycles. The van der Waals surface area contributed by atoms with Gasteiger partial charge in [-0.2, -0.15) is 0 Å². The van der Waals surface area contributed by atoms with Crippen molar-refractivity contribution < 1.29 is 24.2 Å². The first-order valence-corrected chi connectivity index (χ1v) is 6.61. The predicted molar refractivity (Wildman–Crippen MR) is 73.7 cm³/mol. The minimum absolute atomic E-state index is 0.201. The maximum Gasteiger partial charge on any atom is 0.324 e. The van der Waals surface area contributed by atoms with Gasteiger partial charge in [0.25, 0.3) is 0 Å². The maximum absolute atomic E-state index is 11.9. The van der Waals surface area contributed by atoms with E-state index in [1.807, 2.05) is 19.1 Å². The summed E-state index contributed by atoms with van der Waals surface area (Å²) in [7, 11) is 2.50. The standard InChI is InChI=1S/C15H22O5/c1-5-6-7-11(16)8-9-12-10(2)15(12,13(17)19-3)14(18)20-4/h5-6,8-12,16H,7H2,1-4H3/t10-,11?,12-/m0/s1. The topological polar surface area (TPSA) is 72.8 Å². The molecule has 0 heterocycles. The van der Waals surface area contributed by atoms with E-state index in [0.717, 1.165) is 0 Å². The van der Waals surface area contributed by atoms with Gasteiger partial charge in [0.15, 0.2) is 5.41 Å². The highest BCUT2D eigenvalue weighted by Crippen LogP contribution is 2.60. The van der Waals surface area contributed by atoms with E-state index < -0.39 is 23.5 Å². The molecule has 1 unspecified atom stereocenters. The lowest BCUT2D eigenvalue weighted by molar-refractivity contribution is -0.162. The lowest BCUT2D eigenvalue weighted by Gasteiger charge is -2.11. The van der Waals surface area contributed by atoms with E-state index in [4.69, 9.17) is 9.47 Å². The van der Waals surface area contributed by atoms with Crippen molar-refractivity contribution in [1.29, 1.82) is 0 Å². The van der Waals surface area contributed by atoms with Crippen molar-refractivity contribution >= 4 is 11.9 Å². The molecule has 1 N–H and O–H groups in total. The molecule has 5 heteroatoms. The van der Waals surface area contributed by atoms with Crippen LogP contribution in [-0.4, -0.2) is 37.4 Å². The van der Waals surface area contributed by atoms with Crippen LogP contribution in [0.5, 0.6) is 0 Å². The summed E-state index contributed by atoms with van der Waals surface area (Å²) in [5.41, 5.74) is -1.26. The van der Waals surface area contributed by atoms with Gasteiger partial charge in [-0.05, 0) is 19.3 Å². The Morgan fingerprint density at radius 3 is 2.30 bits per heavy atom. The molecule has 3 atom stereocenters. The average molecular weight is 282 g/mol. The van der Waals surface area contributed by atoms with Crippen LogP contribution in [0.2, 0.25) is 0 Å². The number of carbonyl (C=O) groups is 2. The van der Waals surface area contributed by atoms with E-state index in [9.17, 15) is 14.7 Å². The van der Waals surface area contributed by atoms with Crippen molar-refractivity contribution in [2.75, 3.05) is 14.2 Å². The molecule has 0 aromatic rings. The normalized spacial score (nSPS) is 25.6. The van der Waals surface area contributed by atoms with Gasteiger partial charge in [0.1, 0.15) is 0 Å². The maximum atomic E-state index is 11.9. The molecule has 0 radical (unpaired) electrons. The number of esters is 2. The number of hydrogen-bond acceptors (Lipinski definition) is 5. The van der Waals surface area contributed by atoms with Crippen LogP contribution in [0.15, 0.2) is 24.3 Å². The number of aliphatic hydroxyl groups excluding tert-OH is 1. The molecule has 0 saturated heterocycles. The number of rotatable bonds is 6. The highest BCUT2D eigenvalue weighted by molar-refractivity contribution is 6.04. The van der Waals surface area contributed by atoms with Crippen molar-refractivity contribution in [3.05, 3.63) is 24.3 Å². The molecule has 0 amide bonds. The smallest absolute Gasteiger partial charge is 0.324 e. The predicted octanol–water partition coefficient (Wildman–Crippen LogP) is 1.47. The van der Waals surface area contributed by atoms with E-state index in [0.29, 0.717) is 6.42 Å². The zero-order valence-electron chi connectivity index (χ0n) is 12.3. The first-order chi connectivity index (χ1) is 9.46. The minimum atomic E-state index is -1.26. The van der Waals surface area contributed by atoms with Crippen LogP contribution in [-0.2, 0) is 19.1 Å². The highest BCUT2D eigenvalue weighted by Gasteiger charge is 2.73. The summed E-state index contributed by atoms with van der Waals surface area (Å²) in [4.78, 5) is 23.8. The fourth-order valence-electron chi connectivity index (χ4n) is 2.58. The van der Waals surface area contributed by atoms with Gasteiger partial charge < -0.3 is 14.6 Å². The number of carbonyl (C=O) groups excluding carboxylic acids is 2. The molecule has 1 saturated carbocycles. The first-order valence-electron chi connectivity index (χ1n) is 6.61. The van der Waals surface area contributed by atoms with Crippen molar-refractivity contribution in [2.45, 2.75) is 26.4 Å². The second-order valence-electron chi connectivity index (χ2n) is 4.92. The molecule has 1 fully saturated rings. The summed E-state index contributed by atoms with van der Waals surface area (Å²) >= 11 is 0. The largest absolute Gasteiger partial charge is 0.468 e. The quantitative estimate of drug-likeness (QED) is 0.454. The summed E-state index contributed by atoms with van der Waals surface area (Å²) in [5, 5.41) is 9.73. The molecule has 1 aliphatic carbocycles. The molecular weight excluding hydrogens is 260 g/mol. The van der Waals surface area contributed by atoms with Gasteiger partial charge in [-0.3, -0.25) is 9.59 Å². The van der Waals surface area contributed by atoms with E-state index >= 15 is 0 Å². The monoisotopic (exact) mass is 282 g/mol. The van der Waals surface area contributed by atoms with Gasteiger partial charge in [0, 0.05) is 5.92 Å². The van der Waals surface area contributed by atoms with Crippen LogP contribution in [0, 0.1) is 17.3 Å². The van der Waals surface area contributed by atoms with Gasteiger partial charge in [-0.1, -0.05) is 31.2 Å². The van der Waals surface area contributed by atoms with Crippen LogP contribution < -0.4 is 0 Å². The Morgan fingerprint density at radius 2 is 1.85 bits per heavy atom. The summed E-state index contributed by atoms with van der Waals surface area (Å²) in [6.45, 7) is 3.67. The molecule has 1 aliphatic rings. The fourth-order valence-corrected chi connectivity index (χ4v) is 2.58. The summed E-state index contributed by atoms with van der Waals surface area (Å²) in [5.74, 6) is -1.68. The Balaban J connectivity index is 2.84. The lowest BCUT2D eigenvalue weighted by atomic mass is 10.0. The van der Waals surface area contributed by atoms with Gasteiger partial charge in [0.2, 0.25) is 0 Å². The van der Waals surface area contributed by atoms with E-state index in [-0.39, 0.29) is 11.8 Å². The minimum Gasteiger partial charge on any atom is -0.468 e. The Labute approximate surface area is 119 Å². The molecule has 20 heavy (non-hydrogen) atoms. The molecule has 112 valence electrons. The van der Waals surface area contributed by atoms with Gasteiger partial charge in [-0.15, -0.1) is 0 Å². The molecular formula is C15H22O5. The van der Waals surface area contributed by atoms with Crippen molar-refractivity contribution in [1.82, 2.24) is 0 Å². The molecule has 5 nitrogen and oxygen atoms in total. The Bertz CT molecular complexity index is 408. The zero-order valence-corrected chi connectivity index (χ0v) is 12.3. The lowest BCUT2D eigenvalue weighted by Crippen LogP contribution is -2.31. The van der Waals surface area contributed by atoms with Crippen molar-refractivity contribution in [2.24, 2.45) is 17.3 Å². The number of methoxy groups -OCH3 is 2. The third kappa shape index (κ3) is 2.77. The summed E-state index contributed by atoms with van der Waals surface area (Å²) in [6.07, 6.45) is 6.87. The van der Waals surface area contributed by atoms with E-state index in [1.165, 1.54) is 14.2 Å². The Morgan fingerprint density at radius 1 is 1.30 bits per heavy atom. The van der Waals surface area contributed by atoms with Crippen LogP contribution in [0.1, 0.15) is 20.3 Å². The molecule has 0 aliphatic heterocycles. The third-order valence-electron chi connectivity index (χ3n) is 3.87. The summed E-state index contributed by atoms with van der Waals surface area (Å²) in [6, 6.07) is 0. The summed E-state index contributed by atoms with van der Waals surface area (Å²) < 4.78 is 9.45. The highest BCUT2D eigenvalue weighted by atomic mass is 16.5. The van der Waals surface area contributed by atoms with Crippen molar-refractivity contribution in [3.8, 4) is 0 Å². The van der Waals surface area contributed by atoms with Crippen molar-refractivity contribution in [3.63, 3.8) is 0 Å². The van der Waals surface area contributed by atoms with E-state index in [1.54, 1.807) is 19.1 Å². The number of ether oxygens (including phenoxy) is 2. The van der Waals surface area contributed by atoms with Crippen LogP contribution in [0.3, 0.4) is 0 Å². The fraction of sp³-hybridized carbons (Fsp3) is 0.600. The molecule has 0 spiro atoms.